The van der Waals surface area contributed by atoms with Crippen LogP contribution in [0, 0.1) is 6.92 Å². The lowest BCUT2D eigenvalue weighted by molar-refractivity contribution is -0.127. The molecule has 0 bridgehead atoms. The zero-order valence-corrected chi connectivity index (χ0v) is 23.3. The summed E-state index contributed by atoms with van der Waals surface area (Å²) in [4.78, 5) is 38.9. The third kappa shape index (κ3) is 6.50. The molecule has 0 aliphatic carbocycles. The molecule has 1 fully saturated rings. The number of aryl methyl sites for hydroxylation is 1. The topological polar surface area (TPSA) is 97.0 Å². The highest BCUT2D eigenvalue weighted by Gasteiger charge is 2.35. The predicted octanol–water partition coefficient (Wildman–Crippen LogP) is 6.31. The first-order valence-electron chi connectivity index (χ1n) is 13.1. The molecule has 5 rings (SSSR count). The second kappa shape index (κ2) is 12.1. The van der Waals surface area contributed by atoms with Gasteiger partial charge in [0.05, 0.1) is 11.6 Å². The molecule has 1 saturated heterocycles. The highest BCUT2D eigenvalue weighted by Crippen LogP contribution is 2.38. The maximum atomic E-state index is 13.0. The molecule has 4 amide bonds. The first-order valence-corrected chi connectivity index (χ1v) is 13.5. The zero-order chi connectivity index (χ0) is 28.9. The van der Waals surface area contributed by atoms with Gasteiger partial charge in [-0.05, 0) is 77.7 Å². The minimum absolute atomic E-state index is 0.0155. The van der Waals surface area contributed by atoms with Gasteiger partial charge in [0.2, 0.25) is 5.91 Å². The minimum Gasteiger partial charge on any atom is -0.490 e. The number of ether oxygens (including phenoxy) is 2. The summed E-state index contributed by atoms with van der Waals surface area (Å²) in [7, 11) is 0. The van der Waals surface area contributed by atoms with Crippen molar-refractivity contribution >= 4 is 52.0 Å². The van der Waals surface area contributed by atoms with Crippen LogP contribution in [0.4, 0.5) is 10.5 Å². The maximum Gasteiger partial charge on any atom is 0.329 e. The Balaban J connectivity index is 1.30. The smallest absolute Gasteiger partial charge is 0.329 e. The lowest BCUT2D eigenvalue weighted by atomic mass is 10.1. The van der Waals surface area contributed by atoms with Crippen molar-refractivity contribution in [2.75, 3.05) is 18.5 Å². The molecule has 4 aromatic carbocycles. The third-order valence-corrected chi connectivity index (χ3v) is 6.69. The van der Waals surface area contributed by atoms with Crippen LogP contribution in [-0.4, -0.2) is 35.9 Å². The van der Waals surface area contributed by atoms with Crippen molar-refractivity contribution < 1.29 is 23.9 Å². The molecule has 0 saturated carbocycles. The summed E-state index contributed by atoms with van der Waals surface area (Å²) in [6.45, 7) is 3.95. The Morgan fingerprint density at radius 2 is 1.78 bits per heavy atom. The van der Waals surface area contributed by atoms with Gasteiger partial charge in [0.15, 0.2) is 11.5 Å². The zero-order valence-electron chi connectivity index (χ0n) is 22.6. The largest absolute Gasteiger partial charge is 0.490 e. The van der Waals surface area contributed by atoms with Crippen LogP contribution in [0.25, 0.3) is 16.8 Å². The fourth-order valence-corrected chi connectivity index (χ4v) is 4.78. The van der Waals surface area contributed by atoms with Gasteiger partial charge in [-0.25, -0.2) is 9.69 Å². The Morgan fingerprint density at radius 1 is 0.976 bits per heavy atom. The van der Waals surface area contributed by atoms with E-state index in [0.717, 1.165) is 26.8 Å². The fraction of sp³-hybridized carbons (Fsp3) is 0.156. The number of amides is 4. The number of hydrogen-bond acceptors (Lipinski definition) is 5. The number of nitrogens with one attached hydrogen (secondary N) is 2. The number of imide groups is 1. The van der Waals surface area contributed by atoms with Crippen LogP contribution in [0.5, 0.6) is 11.5 Å². The molecular formula is C32H28ClN3O5. The Bertz CT molecular complexity index is 1680. The number of hydrogen-bond donors (Lipinski definition) is 2. The molecule has 208 valence electrons. The molecule has 2 N–H and O–H groups in total. The molecule has 0 atom stereocenters. The van der Waals surface area contributed by atoms with Gasteiger partial charge in [-0.3, -0.25) is 9.59 Å². The van der Waals surface area contributed by atoms with Gasteiger partial charge >= 0.3 is 6.03 Å². The van der Waals surface area contributed by atoms with E-state index >= 15 is 0 Å². The molecule has 4 aromatic rings. The van der Waals surface area contributed by atoms with Crippen molar-refractivity contribution in [2.24, 2.45) is 0 Å². The van der Waals surface area contributed by atoms with Gasteiger partial charge in [-0.2, -0.15) is 0 Å². The Morgan fingerprint density at radius 3 is 2.56 bits per heavy atom. The van der Waals surface area contributed by atoms with E-state index in [-0.39, 0.29) is 17.3 Å². The van der Waals surface area contributed by atoms with Gasteiger partial charge in [0.1, 0.15) is 18.8 Å². The first kappa shape index (κ1) is 27.7. The van der Waals surface area contributed by atoms with Crippen LogP contribution in [0.15, 0.2) is 84.6 Å². The Hall–Kier alpha value is -4.82. The number of fused-ring (bicyclic) bond motifs is 1. The van der Waals surface area contributed by atoms with E-state index in [1.54, 1.807) is 30.3 Å². The van der Waals surface area contributed by atoms with Crippen molar-refractivity contribution in [3.8, 4) is 11.5 Å². The van der Waals surface area contributed by atoms with E-state index in [9.17, 15) is 14.4 Å². The van der Waals surface area contributed by atoms with E-state index in [1.807, 2.05) is 56.3 Å². The van der Waals surface area contributed by atoms with Crippen molar-refractivity contribution in [3.05, 3.63) is 106 Å². The van der Waals surface area contributed by atoms with Crippen molar-refractivity contribution in [1.82, 2.24) is 10.2 Å². The molecular weight excluding hydrogens is 542 g/mol. The molecule has 8 nitrogen and oxygen atoms in total. The lowest BCUT2D eigenvalue weighted by Gasteiger charge is -2.15. The average molecular weight is 570 g/mol. The van der Waals surface area contributed by atoms with Crippen LogP contribution in [0.3, 0.4) is 0 Å². The van der Waals surface area contributed by atoms with Crippen molar-refractivity contribution in [2.45, 2.75) is 20.5 Å². The van der Waals surface area contributed by atoms with Crippen LogP contribution in [0.1, 0.15) is 23.6 Å². The van der Waals surface area contributed by atoms with Gasteiger partial charge in [0.25, 0.3) is 5.91 Å². The molecule has 0 unspecified atom stereocenters. The minimum atomic E-state index is -0.688. The van der Waals surface area contributed by atoms with Gasteiger partial charge in [0, 0.05) is 5.69 Å². The first-order chi connectivity index (χ1) is 19.8. The molecule has 0 radical (unpaired) electrons. The summed E-state index contributed by atoms with van der Waals surface area (Å²) in [5.41, 5.74) is 3.06. The molecule has 1 aliphatic heterocycles. The molecule has 9 heteroatoms. The summed E-state index contributed by atoms with van der Waals surface area (Å²) < 4.78 is 11.9. The molecule has 41 heavy (non-hydrogen) atoms. The number of benzene rings is 4. The molecule has 0 aromatic heterocycles. The Kier molecular flexibility index (Phi) is 8.21. The number of carbonyl (C=O) groups is 3. The van der Waals surface area contributed by atoms with E-state index in [2.05, 4.69) is 16.7 Å². The normalized spacial score (nSPS) is 13.9. The lowest BCUT2D eigenvalue weighted by Crippen LogP contribution is -2.38. The maximum absolute atomic E-state index is 13.0. The summed E-state index contributed by atoms with van der Waals surface area (Å²) >= 11 is 6.60. The highest BCUT2D eigenvalue weighted by molar-refractivity contribution is 6.32. The third-order valence-electron chi connectivity index (χ3n) is 6.41. The van der Waals surface area contributed by atoms with Crippen LogP contribution >= 0.6 is 11.6 Å². The van der Waals surface area contributed by atoms with Crippen LogP contribution in [-0.2, 0) is 16.2 Å². The molecule has 1 heterocycles. The standard InChI is InChI=1S/C32H28ClN3O5/c1-3-40-28-17-22(15-26(33)30(28)41-19-21-11-12-23-8-4-5-9-24(23)14-21)16-27-31(38)36(32(39)35-27)18-29(37)34-25-10-6-7-20(2)13-25/h4-17H,3,18-19H2,1-2H3,(H,34,37)(H,35,39)/b27-16+. The van der Waals surface area contributed by atoms with Gasteiger partial charge in [-0.1, -0.05) is 60.1 Å². The second-order valence-electron chi connectivity index (χ2n) is 9.53. The number of carbonyl (C=O) groups excluding carboxylic acids is 3. The average Bonchev–Trinajstić information content (AvgIpc) is 3.19. The number of halogens is 1. The van der Waals surface area contributed by atoms with E-state index in [1.165, 1.54) is 6.08 Å². The SMILES string of the molecule is CCOc1cc(/C=C2/NC(=O)N(CC(=O)Nc3cccc(C)c3)C2=O)cc(Cl)c1OCc1ccc2ccccc2c1. The second-order valence-corrected chi connectivity index (χ2v) is 9.94. The Labute approximate surface area is 242 Å². The van der Waals surface area contributed by atoms with Crippen LogP contribution in [0.2, 0.25) is 5.02 Å². The highest BCUT2D eigenvalue weighted by atomic mass is 35.5. The number of urea groups is 1. The van der Waals surface area contributed by atoms with E-state index in [0.29, 0.717) is 29.4 Å². The van der Waals surface area contributed by atoms with Gasteiger partial charge in [-0.15, -0.1) is 0 Å². The van der Waals surface area contributed by atoms with Crippen LogP contribution < -0.4 is 20.1 Å². The van der Waals surface area contributed by atoms with E-state index in [4.69, 9.17) is 21.1 Å². The number of rotatable bonds is 9. The predicted molar refractivity (Wildman–Crippen MR) is 159 cm³/mol. The monoisotopic (exact) mass is 569 g/mol. The molecule has 0 spiro atoms. The molecule has 1 aliphatic rings. The van der Waals surface area contributed by atoms with Crippen molar-refractivity contribution in [1.29, 1.82) is 0 Å². The fourth-order valence-electron chi connectivity index (χ4n) is 4.51. The number of anilines is 1. The van der Waals surface area contributed by atoms with Gasteiger partial charge < -0.3 is 20.1 Å². The summed E-state index contributed by atoms with van der Waals surface area (Å²) in [6, 6.07) is 24.0. The van der Waals surface area contributed by atoms with Crippen molar-refractivity contribution in [3.63, 3.8) is 0 Å². The van der Waals surface area contributed by atoms with E-state index < -0.39 is 24.4 Å². The summed E-state index contributed by atoms with van der Waals surface area (Å²) in [5.74, 6) is -0.339. The summed E-state index contributed by atoms with van der Waals surface area (Å²) in [5, 5.41) is 7.77. The number of nitrogens with zero attached hydrogens (tertiary/aromatic N) is 1. The summed E-state index contributed by atoms with van der Waals surface area (Å²) in [6.07, 6.45) is 1.49. The quantitative estimate of drug-likeness (QED) is 0.182.